The zero-order chi connectivity index (χ0) is 8.43. The van der Waals surface area contributed by atoms with Crippen molar-refractivity contribution in [3.05, 3.63) is 34.9 Å². The normalized spacial score (nSPS) is 9.75. The van der Waals surface area contributed by atoms with Crippen molar-refractivity contribution in [2.45, 2.75) is 41.0 Å². The van der Waals surface area contributed by atoms with Gasteiger partial charge in [0.05, 0.1) is 0 Å². The summed E-state index contributed by atoms with van der Waals surface area (Å²) < 4.78 is 0. The Balaban J connectivity index is 0.00000121. The van der Waals surface area contributed by atoms with Crippen molar-refractivity contribution >= 4 is 0 Å². The Morgan fingerprint density at radius 3 is 1.67 bits per heavy atom. The maximum atomic E-state index is 2.26. The fraction of sp³-hybridized carbons (Fsp3) is 0.500. The Bertz CT molecular complexity index is 226. The second-order valence-electron chi connectivity index (χ2n) is 3.58. The lowest BCUT2D eigenvalue weighted by atomic mass is 9.99. The smallest absolute Gasteiger partial charge is 0.0219 e. The standard InChI is InChI=1S/C11H16.CH4/c1-8(2)11-6-9(3)5-10(4)7-11;/h5-8H,1-4H3;1H4. The first-order chi connectivity index (χ1) is 5.09. The van der Waals surface area contributed by atoms with E-state index < -0.39 is 0 Å². The molecule has 0 bridgehead atoms. The van der Waals surface area contributed by atoms with Crippen molar-refractivity contribution in [1.29, 1.82) is 0 Å². The van der Waals surface area contributed by atoms with Crippen molar-refractivity contribution in [3.63, 3.8) is 0 Å². The van der Waals surface area contributed by atoms with Gasteiger partial charge in [-0.25, -0.2) is 0 Å². The van der Waals surface area contributed by atoms with Gasteiger partial charge in [-0.15, -0.1) is 0 Å². The monoisotopic (exact) mass is 164 g/mol. The van der Waals surface area contributed by atoms with E-state index in [-0.39, 0.29) is 7.43 Å². The molecule has 0 N–H and O–H groups in total. The molecule has 68 valence electrons. The summed E-state index contributed by atoms with van der Waals surface area (Å²) in [6, 6.07) is 6.74. The highest BCUT2D eigenvalue weighted by Gasteiger charge is 1.99. The molecule has 0 fully saturated rings. The number of rotatable bonds is 1. The zero-order valence-electron chi connectivity index (χ0n) is 7.81. The van der Waals surface area contributed by atoms with Gasteiger partial charge in [0.25, 0.3) is 0 Å². The molecule has 1 aromatic rings. The van der Waals surface area contributed by atoms with Crippen molar-refractivity contribution in [3.8, 4) is 0 Å². The number of aryl methyl sites for hydroxylation is 2. The van der Waals surface area contributed by atoms with Crippen LogP contribution in [0.2, 0.25) is 0 Å². The van der Waals surface area contributed by atoms with E-state index in [1.54, 1.807) is 0 Å². The molecule has 0 heterocycles. The van der Waals surface area contributed by atoms with E-state index in [9.17, 15) is 0 Å². The van der Waals surface area contributed by atoms with Crippen LogP contribution >= 0.6 is 0 Å². The molecule has 0 spiro atoms. The third-order valence-electron chi connectivity index (χ3n) is 1.91. The highest BCUT2D eigenvalue weighted by atomic mass is 14.0. The first kappa shape index (κ1) is 11.2. The molecule has 0 saturated carbocycles. The molecule has 0 aliphatic heterocycles. The van der Waals surface area contributed by atoms with Crippen molar-refractivity contribution < 1.29 is 0 Å². The Morgan fingerprint density at radius 2 is 1.33 bits per heavy atom. The van der Waals surface area contributed by atoms with Gasteiger partial charge in [0.2, 0.25) is 0 Å². The molecule has 0 aliphatic carbocycles. The van der Waals surface area contributed by atoms with Crippen LogP contribution in [-0.2, 0) is 0 Å². The van der Waals surface area contributed by atoms with Gasteiger partial charge in [0.1, 0.15) is 0 Å². The summed E-state index contributed by atoms with van der Waals surface area (Å²) in [5.74, 6) is 0.647. The van der Waals surface area contributed by atoms with Crippen LogP contribution in [0.15, 0.2) is 18.2 Å². The van der Waals surface area contributed by atoms with Crippen LogP contribution in [0.4, 0.5) is 0 Å². The molecular weight excluding hydrogens is 144 g/mol. The predicted octanol–water partition coefficient (Wildman–Crippen LogP) is 4.06. The summed E-state index contributed by atoms with van der Waals surface area (Å²) in [7, 11) is 0. The van der Waals surface area contributed by atoms with Gasteiger partial charge in [0.15, 0.2) is 0 Å². The second kappa shape index (κ2) is 4.30. The van der Waals surface area contributed by atoms with Gasteiger partial charge in [-0.1, -0.05) is 50.6 Å². The van der Waals surface area contributed by atoms with E-state index in [0.717, 1.165) is 0 Å². The molecule has 0 radical (unpaired) electrons. The van der Waals surface area contributed by atoms with E-state index in [2.05, 4.69) is 45.9 Å². The Morgan fingerprint density at radius 1 is 0.917 bits per heavy atom. The van der Waals surface area contributed by atoms with Crippen LogP contribution in [0.5, 0.6) is 0 Å². The predicted molar refractivity (Wildman–Crippen MR) is 56.7 cm³/mol. The van der Waals surface area contributed by atoms with Gasteiger partial charge >= 0.3 is 0 Å². The summed E-state index contributed by atoms with van der Waals surface area (Å²) >= 11 is 0. The highest BCUT2D eigenvalue weighted by molar-refractivity contribution is 5.30. The minimum atomic E-state index is 0. The topological polar surface area (TPSA) is 0 Å². The third kappa shape index (κ3) is 2.69. The maximum absolute atomic E-state index is 2.26. The molecule has 0 saturated heterocycles. The Labute approximate surface area is 76.6 Å². The highest BCUT2D eigenvalue weighted by Crippen LogP contribution is 2.17. The lowest BCUT2D eigenvalue weighted by Crippen LogP contribution is -1.89. The van der Waals surface area contributed by atoms with E-state index >= 15 is 0 Å². The molecule has 0 aromatic heterocycles. The fourth-order valence-corrected chi connectivity index (χ4v) is 1.34. The molecule has 1 rings (SSSR count). The second-order valence-corrected chi connectivity index (χ2v) is 3.58. The van der Waals surface area contributed by atoms with Crippen LogP contribution in [0.25, 0.3) is 0 Å². The van der Waals surface area contributed by atoms with Crippen molar-refractivity contribution in [2.24, 2.45) is 0 Å². The van der Waals surface area contributed by atoms with E-state index in [0.29, 0.717) is 5.92 Å². The first-order valence-corrected chi connectivity index (χ1v) is 4.18. The summed E-state index contributed by atoms with van der Waals surface area (Å²) in [6.07, 6.45) is 0. The van der Waals surface area contributed by atoms with Gasteiger partial charge in [-0.3, -0.25) is 0 Å². The number of hydrogen-bond donors (Lipinski definition) is 0. The maximum Gasteiger partial charge on any atom is -0.0219 e. The van der Waals surface area contributed by atoms with Crippen LogP contribution in [0.1, 0.15) is 43.9 Å². The molecule has 0 amide bonds. The molecule has 0 heteroatoms. The number of hydrogen-bond acceptors (Lipinski definition) is 0. The quantitative estimate of drug-likeness (QED) is 0.587. The average Bonchev–Trinajstić information content (AvgIpc) is 1.85. The molecule has 1 aromatic carbocycles. The lowest BCUT2D eigenvalue weighted by molar-refractivity contribution is 0.863. The fourth-order valence-electron chi connectivity index (χ4n) is 1.34. The first-order valence-electron chi connectivity index (χ1n) is 4.18. The minimum absolute atomic E-state index is 0. The Hall–Kier alpha value is -0.780. The summed E-state index contributed by atoms with van der Waals surface area (Å²) in [5.41, 5.74) is 4.19. The molecule has 12 heavy (non-hydrogen) atoms. The van der Waals surface area contributed by atoms with Gasteiger partial charge in [-0.05, 0) is 25.3 Å². The molecule has 0 atom stereocenters. The van der Waals surface area contributed by atoms with E-state index in [4.69, 9.17) is 0 Å². The van der Waals surface area contributed by atoms with E-state index in [1.807, 2.05) is 0 Å². The molecule has 0 unspecified atom stereocenters. The van der Waals surface area contributed by atoms with Crippen LogP contribution < -0.4 is 0 Å². The van der Waals surface area contributed by atoms with Gasteiger partial charge in [0, 0.05) is 0 Å². The van der Waals surface area contributed by atoms with Crippen molar-refractivity contribution in [1.82, 2.24) is 0 Å². The lowest BCUT2D eigenvalue weighted by Gasteiger charge is -2.07. The van der Waals surface area contributed by atoms with Gasteiger partial charge < -0.3 is 0 Å². The minimum Gasteiger partial charge on any atom is -0.0776 e. The van der Waals surface area contributed by atoms with E-state index in [1.165, 1.54) is 16.7 Å². The SMILES string of the molecule is C.Cc1cc(C)cc(C(C)C)c1. The van der Waals surface area contributed by atoms with Crippen LogP contribution in [0.3, 0.4) is 0 Å². The summed E-state index contributed by atoms with van der Waals surface area (Å²) in [5, 5.41) is 0. The largest absolute Gasteiger partial charge is 0.0776 e. The van der Waals surface area contributed by atoms with Crippen LogP contribution in [-0.4, -0.2) is 0 Å². The summed E-state index contributed by atoms with van der Waals surface area (Å²) in [4.78, 5) is 0. The van der Waals surface area contributed by atoms with Crippen molar-refractivity contribution in [2.75, 3.05) is 0 Å². The Kier molecular flexibility index (Phi) is 4.02. The summed E-state index contributed by atoms with van der Waals surface area (Å²) in [6.45, 7) is 8.76. The molecular formula is C12H20. The third-order valence-corrected chi connectivity index (χ3v) is 1.91. The molecule has 0 aliphatic rings. The zero-order valence-corrected chi connectivity index (χ0v) is 7.81. The van der Waals surface area contributed by atoms with Crippen LogP contribution in [0, 0.1) is 13.8 Å². The average molecular weight is 164 g/mol. The number of benzene rings is 1. The molecule has 0 nitrogen and oxygen atoms in total. The van der Waals surface area contributed by atoms with Gasteiger partial charge in [-0.2, -0.15) is 0 Å².